The van der Waals surface area contributed by atoms with Crippen LogP contribution in [-0.2, 0) is 10.8 Å². The fourth-order valence-electron chi connectivity index (χ4n) is 3.38. The number of hydrogen-bond donors (Lipinski definition) is 0. The molecule has 1 saturated heterocycles. The molecule has 5 nitrogen and oxygen atoms in total. The van der Waals surface area contributed by atoms with Gasteiger partial charge in [0.25, 0.3) is 5.91 Å². The van der Waals surface area contributed by atoms with E-state index in [1.807, 2.05) is 23.1 Å². The summed E-state index contributed by atoms with van der Waals surface area (Å²) in [5, 5.41) is 0. The van der Waals surface area contributed by atoms with Gasteiger partial charge in [-0.05, 0) is 49.2 Å². The van der Waals surface area contributed by atoms with Crippen LogP contribution in [0.2, 0.25) is 0 Å². The fraction of sp³-hybridized carbons (Fsp3) is 0.350. The fourth-order valence-corrected chi connectivity index (χ4v) is 3.90. The highest BCUT2D eigenvalue weighted by Crippen LogP contribution is 2.39. The van der Waals surface area contributed by atoms with E-state index in [0.717, 1.165) is 34.8 Å². The second kappa shape index (κ2) is 7.91. The maximum Gasteiger partial charge on any atom is 0.254 e. The lowest BCUT2D eigenvalue weighted by Crippen LogP contribution is -2.30. The Morgan fingerprint density at radius 2 is 1.85 bits per heavy atom. The summed E-state index contributed by atoms with van der Waals surface area (Å²) in [7, 11) is 2.20. The lowest BCUT2D eigenvalue weighted by molar-refractivity contribution is 0.0734. The summed E-state index contributed by atoms with van der Waals surface area (Å²) in [4.78, 5) is 15.6. The maximum absolute atomic E-state index is 13.0. The highest BCUT2D eigenvalue weighted by atomic mass is 32.2. The summed E-state index contributed by atoms with van der Waals surface area (Å²) in [6.45, 7) is 0.708. The van der Waals surface area contributed by atoms with Crippen LogP contribution in [0.4, 0.5) is 0 Å². The molecule has 1 amide bonds. The van der Waals surface area contributed by atoms with Gasteiger partial charge in [0.15, 0.2) is 0 Å². The molecule has 1 aliphatic rings. The van der Waals surface area contributed by atoms with Gasteiger partial charge in [-0.1, -0.05) is 0 Å². The molecule has 2 atom stereocenters. The average molecular weight is 373 g/mol. The minimum absolute atomic E-state index is 0.0150. The quantitative estimate of drug-likeness (QED) is 0.806. The van der Waals surface area contributed by atoms with E-state index in [0.29, 0.717) is 12.1 Å². The van der Waals surface area contributed by atoms with Crippen molar-refractivity contribution in [3.05, 3.63) is 53.6 Å². The van der Waals surface area contributed by atoms with Crippen molar-refractivity contribution in [1.82, 2.24) is 4.90 Å². The number of benzene rings is 2. The molecule has 2 aromatic rings. The summed E-state index contributed by atoms with van der Waals surface area (Å²) < 4.78 is 22.3. The first-order valence-electron chi connectivity index (χ1n) is 8.51. The highest BCUT2D eigenvalue weighted by molar-refractivity contribution is 7.84. The Morgan fingerprint density at radius 1 is 1.12 bits per heavy atom. The monoisotopic (exact) mass is 373 g/mol. The molecule has 2 aromatic carbocycles. The van der Waals surface area contributed by atoms with Crippen LogP contribution < -0.4 is 9.47 Å². The van der Waals surface area contributed by atoms with E-state index < -0.39 is 10.8 Å². The Labute approximate surface area is 156 Å². The molecule has 0 aromatic heterocycles. The van der Waals surface area contributed by atoms with Crippen molar-refractivity contribution < 1.29 is 18.5 Å². The van der Waals surface area contributed by atoms with Crippen molar-refractivity contribution in [2.45, 2.75) is 23.8 Å². The number of carbonyl (C=O) groups is 1. The van der Waals surface area contributed by atoms with Gasteiger partial charge in [0.1, 0.15) is 11.5 Å². The second-order valence-electron chi connectivity index (χ2n) is 6.24. The maximum atomic E-state index is 13.0. The lowest BCUT2D eigenvalue weighted by Gasteiger charge is -2.26. The third-order valence-corrected chi connectivity index (χ3v) is 5.68. The molecule has 1 aliphatic heterocycles. The average Bonchev–Trinajstić information content (AvgIpc) is 3.16. The molecule has 0 radical (unpaired) electrons. The number of carbonyl (C=O) groups excluding carboxylic acids is 1. The molecular formula is C20H23NO4S. The van der Waals surface area contributed by atoms with Crippen molar-refractivity contribution in [3.8, 4) is 11.5 Å². The summed E-state index contributed by atoms with van der Waals surface area (Å²) in [6, 6.07) is 12.7. The SMILES string of the molecule is COc1ccc(C2CCCN2C(=O)c2ccc(S(C)=O)cc2)c(OC)c1. The predicted molar refractivity (Wildman–Crippen MR) is 101 cm³/mol. The summed E-state index contributed by atoms with van der Waals surface area (Å²) >= 11 is 0. The van der Waals surface area contributed by atoms with E-state index in [2.05, 4.69) is 0 Å². The zero-order chi connectivity index (χ0) is 18.7. The number of rotatable bonds is 5. The van der Waals surface area contributed by atoms with Gasteiger partial charge < -0.3 is 14.4 Å². The first-order valence-corrected chi connectivity index (χ1v) is 10.1. The van der Waals surface area contributed by atoms with Gasteiger partial charge in [-0.25, -0.2) is 0 Å². The van der Waals surface area contributed by atoms with Crippen molar-refractivity contribution in [2.75, 3.05) is 27.0 Å². The van der Waals surface area contributed by atoms with E-state index >= 15 is 0 Å². The molecule has 3 rings (SSSR count). The smallest absolute Gasteiger partial charge is 0.254 e. The number of hydrogen-bond acceptors (Lipinski definition) is 4. The zero-order valence-electron chi connectivity index (χ0n) is 15.2. The molecule has 0 bridgehead atoms. The van der Waals surface area contributed by atoms with Gasteiger partial charge in [0.05, 0.1) is 20.3 Å². The van der Waals surface area contributed by atoms with Gasteiger partial charge in [0, 0.05) is 45.7 Å². The highest BCUT2D eigenvalue weighted by Gasteiger charge is 2.32. The molecule has 26 heavy (non-hydrogen) atoms. The van der Waals surface area contributed by atoms with Crippen LogP contribution in [0.1, 0.15) is 34.8 Å². The molecule has 0 aliphatic carbocycles. The van der Waals surface area contributed by atoms with Gasteiger partial charge in [-0.2, -0.15) is 0 Å². The summed E-state index contributed by atoms with van der Waals surface area (Å²) in [5.41, 5.74) is 1.60. The van der Waals surface area contributed by atoms with E-state index in [1.54, 1.807) is 44.7 Å². The normalized spacial score (nSPS) is 17.8. The van der Waals surface area contributed by atoms with Gasteiger partial charge in [-0.15, -0.1) is 0 Å². The van der Waals surface area contributed by atoms with Crippen molar-refractivity contribution in [2.24, 2.45) is 0 Å². The first-order chi connectivity index (χ1) is 12.5. The van der Waals surface area contributed by atoms with Crippen LogP contribution in [0, 0.1) is 0 Å². The molecular weight excluding hydrogens is 350 g/mol. The summed E-state index contributed by atoms with van der Waals surface area (Å²) in [6.07, 6.45) is 3.47. The Balaban J connectivity index is 1.88. The Morgan fingerprint density at radius 3 is 2.46 bits per heavy atom. The number of amides is 1. The summed E-state index contributed by atoms with van der Waals surface area (Å²) in [5.74, 6) is 1.44. The van der Waals surface area contributed by atoms with Crippen LogP contribution >= 0.6 is 0 Å². The Bertz CT molecular complexity index is 819. The largest absolute Gasteiger partial charge is 0.497 e. The van der Waals surface area contributed by atoms with Crippen LogP contribution in [-0.4, -0.2) is 42.0 Å². The molecule has 1 heterocycles. The van der Waals surface area contributed by atoms with Crippen LogP contribution in [0.25, 0.3) is 0 Å². The molecule has 138 valence electrons. The second-order valence-corrected chi connectivity index (χ2v) is 7.62. The van der Waals surface area contributed by atoms with Gasteiger partial charge >= 0.3 is 0 Å². The van der Waals surface area contributed by atoms with Crippen LogP contribution in [0.15, 0.2) is 47.4 Å². The Kier molecular flexibility index (Phi) is 5.61. The van der Waals surface area contributed by atoms with E-state index in [-0.39, 0.29) is 11.9 Å². The predicted octanol–water partition coefficient (Wildman–Crippen LogP) is 3.42. The van der Waals surface area contributed by atoms with Crippen LogP contribution in [0.5, 0.6) is 11.5 Å². The Hall–Kier alpha value is -2.34. The van der Waals surface area contributed by atoms with Crippen molar-refractivity contribution in [1.29, 1.82) is 0 Å². The number of nitrogens with zero attached hydrogens (tertiary/aromatic N) is 1. The van der Waals surface area contributed by atoms with Gasteiger partial charge in [-0.3, -0.25) is 9.00 Å². The molecule has 0 saturated carbocycles. The number of likely N-dealkylation sites (tertiary alicyclic amines) is 1. The van der Waals surface area contributed by atoms with Gasteiger partial charge in [0.2, 0.25) is 0 Å². The molecule has 0 spiro atoms. The topological polar surface area (TPSA) is 55.8 Å². The number of ether oxygens (including phenoxy) is 2. The standard InChI is InChI=1S/C20H23NO4S/c1-24-15-8-11-17(19(13-15)25-2)18-5-4-12-21(18)20(22)14-6-9-16(10-7-14)26(3)23/h6-11,13,18H,4-5,12H2,1-3H3. The molecule has 1 fully saturated rings. The van der Waals surface area contributed by atoms with Crippen molar-refractivity contribution >= 4 is 16.7 Å². The minimum atomic E-state index is -1.05. The number of methoxy groups -OCH3 is 2. The molecule has 0 N–H and O–H groups in total. The molecule has 6 heteroatoms. The van der Waals surface area contributed by atoms with E-state index in [4.69, 9.17) is 9.47 Å². The van der Waals surface area contributed by atoms with E-state index in [9.17, 15) is 9.00 Å². The van der Waals surface area contributed by atoms with Crippen molar-refractivity contribution in [3.63, 3.8) is 0 Å². The minimum Gasteiger partial charge on any atom is -0.497 e. The van der Waals surface area contributed by atoms with Crippen LogP contribution in [0.3, 0.4) is 0 Å². The van der Waals surface area contributed by atoms with E-state index in [1.165, 1.54) is 0 Å². The zero-order valence-corrected chi connectivity index (χ0v) is 16.0. The first kappa shape index (κ1) is 18.5. The third kappa shape index (κ3) is 3.60. The molecule has 2 unspecified atom stereocenters. The lowest BCUT2D eigenvalue weighted by atomic mass is 10.0. The third-order valence-electron chi connectivity index (χ3n) is 4.75.